The molecule has 0 aromatic carbocycles. The van der Waals surface area contributed by atoms with Gasteiger partial charge in [0.15, 0.2) is 0 Å². The molecule has 22 heavy (non-hydrogen) atoms. The van der Waals surface area contributed by atoms with E-state index in [1.54, 1.807) is 10.9 Å². The van der Waals surface area contributed by atoms with E-state index in [0.29, 0.717) is 25.5 Å². The summed E-state index contributed by atoms with van der Waals surface area (Å²) in [5, 5.41) is 7.97. The van der Waals surface area contributed by atoms with Gasteiger partial charge in [0.1, 0.15) is 24.5 Å². The SMILES string of the molecule is C#CCOC[C@@H](Cn1cc(COC[C@H]2CO2)nn1)OC(C)=O. The van der Waals surface area contributed by atoms with Crippen molar-refractivity contribution in [2.24, 2.45) is 0 Å². The highest BCUT2D eigenvalue weighted by atomic mass is 16.6. The summed E-state index contributed by atoms with van der Waals surface area (Å²) >= 11 is 0. The standard InChI is InChI=1S/C14H19N3O5/c1-3-4-19-8-13(22-11(2)18)6-17-5-12(15-16-17)7-20-9-14-10-21-14/h1,5,13-14H,4,6-10H2,2H3/t13-,14+/m1/s1. The van der Waals surface area contributed by atoms with Gasteiger partial charge in [-0.2, -0.15) is 0 Å². The summed E-state index contributed by atoms with van der Waals surface area (Å²) in [5.74, 6) is 1.97. The van der Waals surface area contributed by atoms with Crippen molar-refractivity contribution in [2.75, 3.05) is 26.4 Å². The Morgan fingerprint density at radius 1 is 1.64 bits per heavy atom. The molecular weight excluding hydrogens is 290 g/mol. The van der Waals surface area contributed by atoms with Gasteiger partial charge in [-0.15, -0.1) is 11.5 Å². The topological polar surface area (TPSA) is 88.0 Å². The van der Waals surface area contributed by atoms with Crippen molar-refractivity contribution in [1.82, 2.24) is 15.0 Å². The Bertz CT molecular complexity index is 521. The van der Waals surface area contributed by atoms with E-state index < -0.39 is 6.10 Å². The molecule has 1 saturated heterocycles. The first kappa shape index (κ1) is 16.4. The van der Waals surface area contributed by atoms with Gasteiger partial charge in [-0.1, -0.05) is 11.1 Å². The second-order valence-electron chi connectivity index (χ2n) is 4.85. The van der Waals surface area contributed by atoms with E-state index in [1.165, 1.54) is 6.92 Å². The molecule has 8 nitrogen and oxygen atoms in total. The fourth-order valence-electron chi connectivity index (χ4n) is 1.77. The number of terminal acetylenes is 1. The van der Waals surface area contributed by atoms with Crippen LogP contribution in [0.25, 0.3) is 0 Å². The fraction of sp³-hybridized carbons (Fsp3) is 0.643. The molecule has 1 aromatic heterocycles. The molecule has 0 amide bonds. The Hall–Kier alpha value is -1.95. The number of ether oxygens (including phenoxy) is 4. The van der Waals surface area contributed by atoms with Crippen LogP contribution in [0.3, 0.4) is 0 Å². The van der Waals surface area contributed by atoms with Crippen molar-refractivity contribution in [3.63, 3.8) is 0 Å². The average Bonchev–Trinajstić information content (AvgIpc) is 3.18. The molecular formula is C14H19N3O5. The van der Waals surface area contributed by atoms with Crippen LogP contribution in [0.4, 0.5) is 0 Å². The maximum absolute atomic E-state index is 11.1. The summed E-state index contributed by atoms with van der Waals surface area (Å²) in [6, 6.07) is 0. The third-order valence-electron chi connectivity index (χ3n) is 2.75. The minimum atomic E-state index is -0.471. The van der Waals surface area contributed by atoms with E-state index in [2.05, 4.69) is 16.2 Å². The van der Waals surface area contributed by atoms with Gasteiger partial charge >= 0.3 is 5.97 Å². The van der Waals surface area contributed by atoms with Gasteiger partial charge in [0, 0.05) is 6.92 Å². The summed E-state index contributed by atoms with van der Waals surface area (Å²) in [6.07, 6.45) is 6.60. The van der Waals surface area contributed by atoms with Crippen LogP contribution in [-0.2, 0) is 36.9 Å². The van der Waals surface area contributed by atoms with Gasteiger partial charge in [0.05, 0.1) is 39.2 Å². The summed E-state index contributed by atoms with van der Waals surface area (Å²) in [7, 11) is 0. The smallest absolute Gasteiger partial charge is 0.303 e. The van der Waals surface area contributed by atoms with Crippen molar-refractivity contribution in [1.29, 1.82) is 0 Å². The van der Waals surface area contributed by atoms with Crippen molar-refractivity contribution in [3.8, 4) is 12.3 Å². The lowest BCUT2D eigenvalue weighted by Gasteiger charge is -2.16. The number of hydrogen-bond acceptors (Lipinski definition) is 7. The van der Waals surface area contributed by atoms with Gasteiger partial charge in [-0.25, -0.2) is 4.68 Å². The number of rotatable bonds is 10. The van der Waals surface area contributed by atoms with E-state index in [0.717, 1.165) is 6.61 Å². The summed E-state index contributed by atoms with van der Waals surface area (Å²) in [5.41, 5.74) is 0.701. The lowest BCUT2D eigenvalue weighted by Crippen LogP contribution is -2.28. The second-order valence-corrected chi connectivity index (χ2v) is 4.85. The molecule has 0 radical (unpaired) electrons. The average molecular weight is 309 g/mol. The highest BCUT2D eigenvalue weighted by Gasteiger charge is 2.22. The van der Waals surface area contributed by atoms with Crippen molar-refractivity contribution in [3.05, 3.63) is 11.9 Å². The van der Waals surface area contributed by atoms with E-state index in [1.807, 2.05) is 0 Å². The van der Waals surface area contributed by atoms with Crippen molar-refractivity contribution >= 4 is 5.97 Å². The minimum Gasteiger partial charge on any atom is -0.458 e. The van der Waals surface area contributed by atoms with Crippen LogP contribution in [0.2, 0.25) is 0 Å². The molecule has 0 N–H and O–H groups in total. The molecule has 120 valence electrons. The lowest BCUT2D eigenvalue weighted by molar-refractivity contribution is -0.150. The molecule has 0 unspecified atom stereocenters. The summed E-state index contributed by atoms with van der Waals surface area (Å²) in [6.45, 7) is 3.73. The van der Waals surface area contributed by atoms with Crippen LogP contribution < -0.4 is 0 Å². The predicted octanol–water partition coefficient (Wildman–Crippen LogP) is -0.225. The number of aromatic nitrogens is 3. The largest absolute Gasteiger partial charge is 0.458 e. The summed E-state index contributed by atoms with van der Waals surface area (Å²) < 4.78 is 22.4. The molecule has 8 heteroatoms. The van der Waals surface area contributed by atoms with Crippen LogP contribution in [-0.4, -0.2) is 59.6 Å². The first-order chi connectivity index (χ1) is 10.7. The number of esters is 1. The number of epoxide rings is 1. The Labute approximate surface area is 128 Å². The van der Waals surface area contributed by atoms with E-state index >= 15 is 0 Å². The number of carbonyl (C=O) groups excluding carboxylic acids is 1. The second kappa shape index (κ2) is 8.48. The monoisotopic (exact) mass is 309 g/mol. The van der Waals surface area contributed by atoms with Crippen LogP contribution >= 0.6 is 0 Å². The zero-order valence-corrected chi connectivity index (χ0v) is 12.4. The normalized spacial score (nSPS) is 17.7. The molecule has 1 fully saturated rings. The van der Waals surface area contributed by atoms with Gasteiger partial charge in [-0.05, 0) is 0 Å². The number of nitrogens with zero attached hydrogens (tertiary/aromatic N) is 3. The number of carbonyl (C=O) groups is 1. The zero-order chi connectivity index (χ0) is 15.8. The van der Waals surface area contributed by atoms with Gasteiger partial charge in [-0.3, -0.25) is 4.79 Å². The van der Waals surface area contributed by atoms with E-state index in [4.69, 9.17) is 25.4 Å². The van der Waals surface area contributed by atoms with Crippen molar-refractivity contribution < 1.29 is 23.7 Å². The minimum absolute atomic E-state index is 0.164. The Kier molecular flexibility index (Phi) is 6.33. The molecule has 0 aliphatic carbocycles. The molecule has 0 saturated carbocycles. The molecule has 0 spiro atoms. The maximum Gasteiger partial charge on any atom is 0.303 e. The third-order valence-corrected chi connectivity index (χ3v) is 2.75. The molecule has 2 heterocycles. The molecule has 2 atom stereocenters. The Balaban J connectivity index is 1.78. The maximum atomic E-state index is 11.1. The Morgan fingerprint density at radius 3 is 3.14 bits per heavy atom. The molecule has 1 aliphatic rings. The first-order valence-corrected chi connectivity index (χ1v) is 6.94. The molecule has 2 rings (SSSR count). The first-order valence-electron chi connectivity index (χ1n) is 6.94. The quantitative estimate of drug-likeness (QED) is 0.255. The molecule has 1 aliphatic heterocycles. The zero-order valence-electron chi connectivity index (χ0n) is 12.4. The summed E-state index contributed by atoms with van der Waals surface area (Å²) in [4.78, 5) is 11.1. The van der Waals surface area contributed by atoms with Crippen LogP contribution in [0, 0.1) is 12.3 Å². The fourth-order valence-corrected chi connectivity index (χ4v) is 1.77. The van der Waals surface area contributed by atoms with Gasteiger partial charge in [0.2, 0.25) is 0 Å². The van der Waals surface area contributed by atoms with Crippen molar-refractivity contribution in [2.45, 2.75) is 32.3 Å². The van der Waals surface area contributed by atoms with Crippen LogP contribution in [0.5, 0.6) is 0 Å². The van der Waals surface area contributed by atoms with Gasteiger partial charge in [0.25, 0.3) is 0 Å². The number of hydrogen-bond donors (Lipinski definition) is 0. The van der Waals surface area contributed by atoms with E-state index in [-0.39, 0.29) is 25.3 Å². The lowest BCUT2D eigenvalue weighted by atomic mass is 10.3. The predicted molar refractivity (Wildman–Crippen MR) is 74.6 cm³/mol. The third kappa shape index (κ3) is 6.22. The van der Waals surface area contributed by atoms with Crippen LogP contribution in [0.1, 0.15) is 12.6 Å². The highest BCUT2D eigenvalue weighted by Crippen LogP contribution is 2.09. The Morgan fingerprint density at radius 2 is 2.45 bits per heavy atom. The molecule has 0 bridgehead atoms. The highest BCUT2D eigenvalue weighted by molar-refractivity contribution is 5.66. The van der Waals surface area contributed by atoms with Gasteiger partial charge < -0.3 is 18.9 Å². The van der Waals surface area contributed by atoms with Crippen LogP contribution in [0.15, 0.2) is 6.20 Å². The van der Waals surface area contributed by atoms with E-state index in [9.17, 15) is 4.79 Å². The molecule has 1 aromatic rings.